The largest absolute Gasteiger partial charge is 0.353 e. The van der Waals surface area contributed by atoms with E-state index in [4.69, 9.17) is 0 Å². The fourth-order valence-corrected chi connectivity index (χ4v) is 4.75. The Labute approximate surface area is 199 Å². The average Bonchev–Trinajstić information content (AvgIpc) is 3.24. The fraction of sp³-hybridized carbons (Fsp3) is 0.400. The van der Waals surface area contributed by atoms with Crippen LogP contribution in [-0.4, -0.2) is 70.9 Å². The van der Waals surface area contributed by atoms with Gasteiger partial charge in [0.1, 0.15) is 0 Å². The summed E-state index contributed by atoms with van der Waals surface area (Å²) in [6, 6.07) is 1.88. The number of hydrogen-bond acceptors (Lipinski definition) is 8. The molecule has 1 aromatic rings. The molecule has 2 N–H and O–H groups in total. The molecule has 5 heterocycles. The van der Waals surface area contributed by atoms with Crippen LogP contribution in [0.15, 0.2) is 63.3 Å². The van der Waals surface area contributed by atoms with Crippen molar-refractivity contribution in [3.05, 3.63) is 58.8 Å². The van der Waals surface area contributed by atoms with Crippen LogP contribution >= 0.6 is 0 Å². The maximum atomic E-state index is 13.4. The van der Waals surface area contributed by atoms with Gasteiger partial charge in [0.2, 0.25) is 5.91 Å². The summed E-state index contributed by atoms with van der Waals surface area (Å²) in [5, 5.41) is 5.88. The van der Waals surface area contributed by atoms with Crippen molar-refractivity contribution in [2.45, 2.75) is 45.3 Å². The summed E-state index contributed by atoms with van der Waals surface area (Å²) in [6.45, 7) is 5.96. The monoisotopic (exact) mass is 459 g/mol. The maximum Gasteiger partial charge on any atom is 0.238 e. The van der Waals surface area contributed by atoms with Crippen LogP contribution in [0.1, 0.15) is 43.5 Å². The lowest BCUT2D eigenvalue weighted by molar-refractivity contribution is -0.117. The van der Waals surface area contributed by atoms with Gasteiger partial charge < -0.3 is 15.5 Å². The van der Waals surface area contributed by atoms with E-state index in [1.165, 1.54) is 11.8 Å². The summed E-state index contributed by atoms with van der Waals surface area (Å²) < 4.78 is 0. The number of Topliss-reactive ketones (excluding diaryl/α,β-unsaturated/α-hetero) is 1. The van der Waals surface area contributed by atoms with Gasteiger partial charge in [0.05, 0.1) is 30.5 Å². The first-order chi connectivity index (χ1) is 16.5. The molecule has 0 bridgehead atoms. The average molecular weight is 460 g/mol. The molecule has 176 valence electrons. The second-order valence-corrected chi connectivity index (χ2v) is 9.20. The Bertz CT molecular complexity index is 1160. The number of ketones is 1. The number of pyridine rings is 1. The van der Waals surface area contributed by atoms with E-state index in [2.05, 4.69) is 49.2 Å². The minimum atomic E-state index is -0.204. The Morgan fingerprint density at radius 3 is 3.00 bits per heavy atom. The van der Waals surface area contributed by atoms with Crippen molar-refractivity contribution in [1.82, 2.24) is 20.1 Å². The summed E-state index contributed by atoms with van der Waals surface area (Å²) in [7, 11) is 0. The molecular weight excluding hydrogens is 430 g/mol. The molecule has 0 saturated heterocycles. The van der Waals surface area contributed by atoms with Gasteiger partial charge in [-0.2, -0.15) is 0 Å². The van der Waals surface area contributed by atoms with E-state index in [-0.39, 0.29) is 30.4 Å². The number of aromatic nitrogens is 1. The van der Waals surface area contributed by atoms with Crippen LogP contribution in [0, 0.1) is 0 Å². The van der Waals surface area contributed by atoms with E-state index < -0.39 is 0 Å². The van der Waals surface area contributed by atoms with Gasteiger partial charge in [-0.05, 0) is 44.7 Å². The molecule has 0 aliphatic carbocycles. The van der Waals surface area contributed by atoms with Crippen molar-refractivity contribution in [2.24, 2.45) is 9.98 Å². The van der Waals surface area contributed by atoms with Crippen molar-refractivity contribution in [2.75, 3.05) is 25.0 Å². The Hall–Kier alpha value is -3.59. The van der Waals surface area contributed by atoms with E-state index in [9.17, 15) is 9.59 Å². The molecular formula is C25H29N7O2. The molecule has 9 heteroatoms. The third-order valence-electron chi connectivity index (χ3n) is 6.50. The summed E-state index contributed by atoms with van der Waals surface area (Å²) in [5.74, 6) is -0.276. The minimum absolute atomic E-state index is 0.130. The molecule has 0 spiro atoms. The van der Waals surface area contributed by atoms with Gasteiger partial charge in [-0.15, -0.1) is 0 Å². The topological polar surface area (TPSA) is 102 Å². The second-order valence-electron chi connectivity index (χ2n) is 9.20. The Balaban J connectivity index is 1.26. The van der Waals surface area contributed by atoms with Crippen molar-refractivity contribution >= 4 is 29.9 Å². The fourth-order valence-electron chi connectivity index (χ4n) is 4.75. The number of anilines is 1. The smallest absolute Gasteiger partial charge is 0.238 e. The Kier molecular flexibility index (Phi) is 6.10. The van der Waals surface area contributed by atoms with Gasteiger partial charge >= 0.3 is 0 Å². The minimum Gasteiger partial charge on any atom is -0.353 e. The summed E-state index contributed by atoms with van der Waals surface area (Å²) >= 11 is 0. The van der Waals surface area contributed by atoms with Gasteiger partial charge in [-0.3, -0.25) is 24.5 Å². The zero-order valence-corrected chi connectivity index (χ0v) is 19.5. The van der Waals surface area contributed by atoms with E-state index in [0.717, 1.165) is 37.1 Å². The quantitative estimate of drug-likeness (QED) is 0.634. The number of aliphatic imine (C=N–C) groups is 2. The highest BCUT2D eigenvalue weighted by Gasteiger charge is 2.35. The highest BCUT2D eigenvalue weighted by molar-refractivity contribution is 6.12. The van der Waals surface area contributed by atoms with Crippen LogP contribution in [0.5, 0.6) is 0 Å². The van der Waals surface area contributed by atoms with Crippen LogP contribution in [0.4, 0.5) is 5.69 Å². The summed E-state index contributed by atoms with van der Waals surface area (Å²) in [4.78, 5) is 43.4. The lowest BCUT2D eigenvalue weighted by Gasteiger charge is -2.29. The van der Waals surface area contributed by atoms with Gasteiger partial charge in [0, 0.05) is 60.7 Å². The molecule has 0 saturated carbocycles. The molecule has 1 aromatic heterocycles. The lowest BCUT2D eigenvalue weighted by Crippen LogP contribution is -2.38. The first kappa shape index (κ1) is 22.2. The molecule has 0 radical (unpaired) electrons. The molecule has 4 aliphatic heterocycles. The number of fused-ring (bicyclic) bond motifs is 1. The molecule has 9 nitrogen and oxygen atoms in total. The molecule has 0 fully saturated rings. The number of carbonyl (C=O) groups excluding carboxylic acids is 2. The van der Waals surface area contributed by atoms with Crippen molar-refractivity contribution in [3.8, 4) is 0 Å². The zero-order chi connectivity index (χ0) is 23.7. The van der Waals surface area contributed by atoms with E-state index in [1.807, 2.05) is 18.6 Å². The number of hydrogen-bond donors (Lipinski definition) is 2. The third kappa shape index (κ3) is 4.43. The van der Waals surface area contributed by atoms with Crippen molar-refractivity contribution in [3.63, 3.8) is 0 Å². The Morgan fingerprint density at radius 2 is 2.15 bits per heavy atom. The maximum absolute atomic E-state index is 13.4. The Morgan fingerprint density at radius 1 is 1.26 bits per heavy atom. The number of amides is 1. The predicted molar refractivity (Wildman–Crippen MR) is 132 cm³/mol. The number of rotatable bonds is 6. The van der Waals surface area contributed by atoms with Crippen LogP contribution in [0.2, 0.25) is 0 Å². The van der Waals surface area contributed by atoms with Gasteiger partial charge in [-0.1, -0.05) is 0 Å². The molecule has 1 amide bonds. The number of carbonyl (C=O) groups is 2. The number of nitrogens with one attached hydrogen (secondary N) is 2. The van der Waals surface area contributed by atoms with Crippen LogP contribution in [-0.2, 0) is 4.79 Å². The molecule has 5 rings (SSSR count). The van der Waals surface area contributed by atoms with Gasteiger partial charge in [-0.25, -0.2) is 4.99 Å². The van der Waals surface area contributed by atoms with Gasteiger partial charge in [0.25, 0.3) is 0 Å². The van der Waals surface area contributed by atoms with Crippen LogP contribution < -0.4 is 10.6 Å². The number of nitrogens with zero attached hydrogens (tertiary/aromatic N) is 5. The lowest BCUT2D eigenvalue weighted by atomic mass is 9.98. The van der Waals surface area contributed by atoms with Crippen molar-refractivity contribution < 1.29 is 9.59 Å². The third-order valence-corrected chi connectivity index (χ3v) is 6.50. The summed E-state index contributed by atoms with van der Waals surface area (Å²) in [5.41, 5.74) is 4.87. The molecule has 4 aliphatic rings. The highest BCUT2D eigenvalue weighted by Crippen LogP contribution is 2.33. The first-order valence-corrected chi connectivity index (χ1v) is 11.7. The highest BCUT2D eigenvalue weighted by atomic mass is 16.2. The van der Waals surface area contributed by atoms with Crippen LogP contribution in [0.25, 0.3) is 0 Å². The molecule has 1 unspecified atom stereocenters. The first-order valence-electron chi connectivity index (χ1n) is 11.7. The molecule has 34 heavy (non-hydrogen) atoms. The van der Waals surface area contributed by atoms with E-state index in [0.29, 0.717) is 23.4 Å². The van der Waals surface area contributed by atoms with Crippen LogP contribution in [0.3, 0.4) is 0 Å². The van der Waals surface area contributed by atoms with E-state index >= 15 is 0 Å². The van der Waals surface area contributed by atoms with E-state index in [1.54, 1.807) is 18.6 Å². The van der Waals surface area contributed by atoms with Crippen molar-refractivity contribution in [1.29, 1.82) is 0 Å². The SMILES string of the molecule is CC(C)N1C=C(C(=O)c2cncc(NC(=O)CN3CCC4=C(C3)N=CCC4)c2)C2=CNC=NC21. The normalized spacial score (nSPS) is 21.6. The summed E-state index contributed by atoms with van der Waals surface area (Å²) in [6.07, 6.45) is 13.2. The predicted octanol–water partition coefficient (Wildman–Crippen LogP) is 2.48. The molecule has 0 aromatic carbocycles. The molecule has 1 atom stereocenters. The standard InChI is InChI=1S/C25H29N7O2/c1-16(2)32-12-21(20-11-27-15-29-25(20)32)24(34)18-8-19(10-26-9-18)30-23(33)14-31-7-5-17-4-3-6-28-22(17)13-31/h6,8-12,15-16,25H,3-5,7,13-14H2,1-2H3,(H,27,29)(H,30,33). The second kappa shape index (κ2) is 9.34. The zero-order valence-electron chi connectivity index (χ0n) is 19.5. The van der Waals surface area contributed by atoms with Gasteiger partial charge in [0.15, 0.2) is 11.9 Å².